The van der Waals surface area contributed by atoms with E-state index in [0.29, 0.717) is 13.0 Å². The number of anilines is 1. The van der Waals surface area contributed by atoms with Crippen LogP contribution in [0.25, 0.3) is 10.2 Å². The van der Waals surface area contributed by atoms with Crippen molar-refractivity contribution in [1.82, 2.24) is 20.2 Å². The second kappa shape index (κ2) is 9.33. The number of hydrogen-bond donors (Lipinski definition) is 2. The van der Waals surface area contributed by atoms with E-state index in [-0.39, 0.29) is 11.9 Å². The average molecular weight is 410 g/mol. The molecule has 2 N–H and O–H groups in total. The zero-order chi connectivity index (χ0) is 20.1. The summed E-state index contributed by atoms with van der Waals surface area (Å²) < 4.78 is 0. The Hall–Kier alpha value is -2.51. The van der Waals surface area contributed by atoms with Gasteiger partial charge in [-0.05, 0) is 31.4 Å². The standard InChI is InChI=1S/C22H27N5OS/c1-16-13-19-21(24-15-25-22(19)29-16)23-10-7-20(28)26-18-8-11-27(12-9-18)14-17-5-3-2-4-6-17/h2-6,13,15,18H,7-12,14H2,1H3,(H,26,28)(H,23,24,25). The van der Waals surface area contributed by atoms with Gasteiger partial charge in [-0.15, -0.1) is 11.3 Å². The minimum Gasteiger partial charge on any atom is -0.369 e. The van der Waals surface area contributed by atoms with Gasteiger partial charge in [0.1, 0.15) is 17.0 Å². The molecule has 6 nitrogen and oxygen atoms in total. The number of benzene rings is 1. The fraction of sp³-hybridized carbons (Fsp3) is 0.409. The van der Waals surface area contributed by atoms with Crippen LogP contribution in [-0.4, -0.2) is 46.5 Å². The molecule has 29 heavy (non-hydrogen) atoms. The van der Waals surface area contributed by atoms with Crippen molar-refractivity contribution in [3.8, 4) is 0 Å². The van der Waals surface area contributed by atoms with E-state index in [0.717, 1.165) is 48.5 Å². The quantitative estimate of drug-likeness (QED) is 0.624. The van der Waals surface area contributed by atoms with Crippen molar-refractivity contribution in [2.45, 2.75) is 38.8 Å². The van der Waals surface area contributed by atoms with Gasteiger partial charge in [-0.25, -0.2) is 9.97 Å². The fourth-order valence-corrected chi connectivity index (χ4v) is 4.64. The van der Waals surface area contributed by atoms with E-state index < -0.39 is 0 Å². The highest BCUT2D eigenvalue weighted by Crippen LogP contribution is 2.27. The van der Waals surface area contributed by atoms with Crippen LogP contribution in [0, 0.1) is 6.92 Å². The summed E-state index contributed by atoms with van der Waals surface area (Å²) >= 11 is 1.66. The maximum Gasteiger partial charge on any atom is 0.221 e. The van der Waals surface area contributed by atoms with Crippen LogP contribution in [0.2, 0.25) is 0 Å². The Morgan fingerprint density at radius 1 is 1.21 bits per heavy atom. The van der Waals surface area contributed by atoms with E-state index in [1.54, 1.807) is 17.7 Å². The molecular formula is C22H27N5OS. The number of fused-ring (bicyclic) bond motifs is 1. The number of carbonyl (C=O) groups excluding carboxylic acids is 1. The van der Waals surface area contributed by atoms with Gasteiger partial charge in [-0.2, -0.15) is 0 Å². The number of likely N-dealkylation sites (tertiary alicyclic amines) is 1. The molecule has 0 saturated carbocycles. The predicted octanol–water partition coefficient (Wildman–Crippen LogP) is 3.58. The third-order valence-corrected chi connectivity index (χ3v) is 6.26. The zero-order valence-corrected chi connectivity index (χ0v) is 17.5. The highest BCUT2D eigenvalue weighted by Gasteiger charge is 2.20. The maximum absolute atomic E-state index is 12.3. The van der Waals surface area contributed by atoms with Crippen LogP contribution in [0.4, 0.5) is 5.82 Å². The minimum absolute atomic E-state index is 0.103. The van der Waals surface area contributed by atoms with Crippen molar-refractivity contribution in [3.05, 3.63) is 53.2 Å². The number of rotatable bonds is 7. The van der Waals surface area contributed by atoms with Crippen LogP contribution >= 0.6 is 11.3 Å². The third-order valence-electron chi connectivity index (χ3n) is 5.30. The zero-order valence-electron chi connectivity index (χ0n) is 16.7. The molecule has 1 saturated heterocycles. The van der Waals surface area contributed by atoms with Crippen molar-refractivity contribution >= 4 is 33.3 Å². The Morgan fingerprint density at radius 2 is 2.00 bits per heavy atom. The number of thiophene rings is 1. The van der Waals surface area contributed by atoms with Crippen molar-refractivity contribution in [2.75, 3.05) is 25.0 Å². The molecule has 0 bridgehead atoms. The highest BCUT2D eigenvalue weighted by atomic mass is 32.1. The summed E-state index contributed by atoms with van der Waals surface area (Å²) in [5.74, 6) is 0.909. The number of aryl methyl sites for hydroxylation is 1. The molecule has 1 aliphatic rings. The first-order valence-electron chi connectivity index (χ1n) is 10.2. The molecule has 4 rings (SSSR count). The molecule has 2 aromatic heterocycles. The Bertz CT molecular complexity index is 950. The van der Waals surface area contributed by atoms with Gasteiger partial charge in [-0.3, -0.25) is 9.69 Å². The fourth-order valence-electron chi connectivity index (χ4n) is 3.79. The summed E-state index contributed by atoms with van der Waals surface area (Å²) in [5, 5.41) is 7.51. The number of hydrogen-bond acceptors (Lipinski definition) is 6. The van der Waals surface area contributed by atoms with E-state index >= 15 is 0 Å². The van der Waals surface area contributed by atoms with Crippen molar-refractivity contribution < 1.29 is 4.79 Å². The highest BCUT2D eigenvalue weighted by molar-refractivity contribution is 7.18. The second-order valence-corrected chi connectivity index (χ2v) is 8.81. The average Bonchev–Trinajstić information content (AvgIpc) is 3.11. The van der Waals surface area contributed by atoms with E-state index in [9.17, 15) is 4.79 Å². The monoisotopic (exact) mass is 409 g/mol. The third kappa shape index (κ3) is 5.31. The lowest BCUT2D eigenvalue weighted by Crippen LogP contribution is -2.44. The normalized spacial score (nSPS) is 15.5. The van der Waals surface area contributed by atoms with Gasteiger partial charge in [0, 0.05) is 43.5 Å². The van der Waals surface area contributed by atoms with Crippen LogP contribution in [0.1, 0.15) is 29.7 Å². The van der Waals surface area contributed by atoms with E-state index in [2.05, 4.69) is 68.8 Å². The Labute approximate surface area is 175 Å². The largest absolute Gasteiger partial charge is 0.369 e. The number of nitrogens with one attached hydrogen (secondary N) is 2. The van der Waals surface area contributed by atoms with Gasteiger partial charge < -0.3 is 10.6 Å². The minimum atomic E-state index is 0.103. The number of carbonyl (C=O) groups is 1. The molecule has 3 heterocycles. The summed E-state index contributed by atoms with van der Waals surface area (Å²) in [6.45, 7) is 5.67. The Balaban J connectivity index is 1.18. The summed E-state index contributed by atoms with van der Waals surface area (Å²) in [5.41, 5.74) is 1.35. The number of aromatic nitrogens is 2. The lowest BCUT2D eigenvalue weighted by Gasteiger charge is -2.32. The number of nitrogens with zero attached hydrogens (tertiary/aromatic N) is 3. The molecule has 0 radical (unpaired) electrons. The molecule has 7 heteroatoms. The molecule has 0 unspecified atom stereocenters. The Morgan fingerprint density at radius 3 is 2.79 bits per heavy atom. The van der Waals surface area contributed by atoms with Crippen LogP contribution in [0.15, 0.2) is 42.7 Å². The Kier molecular flexibility index (Phi) is 6.36. The molecule has 0 atom stereocenters. The predicted molar refractivity (Wildman–Crippen MR) is 118 cm³/mol. The van der Waals surface area contributed by atoms with Crippen molar-refractivity contribution in [2.24, 2.45) is 0 Å². The second-order valence-electron chi connectivity index (χ2n) is 7.58. The lowest BCUT2D eigenvalue weighted by atomic mass is 10.0. The van der Waals surface area contributed by atoms with Gasteiger partial charge in [0.05, 0.1) is 5.39 Å². The van der Waals surface area contributed by atoms with E-state index in [4.69, 9.17) is 0 Å². The first-order chi connectivity index (χ1) is 14.2. The SMILES string of the molecule is Cc1cc2c(NCCC(=O)NC3CCN(Cc4ccccc4)CC3)ncnc2s1. The molecule has 1 aromatic carbocycles. The molecule has 1 amide bonds. The van der Waals surface area contributed by atoms with Crippen LogP contribution < -0.4 is 10.6 Å². The van der Waals surface area contributed by atoms with Gasteiger partial charge in [0.25, 0.3) is 0 Å². The molecule has 152 valence electrons. The van der Waals surface area contributed by atoms with Gasteiger partial charge in [0.2, 0.25) is 5.91 Å². The summed E-state index contributed by atoms with van der Waals surface area (Å²) in [7, 11) is 0. The molecule has 3 aromatic rings. The van der Waals surface area contributed by atoms with Gasteiger partial charge in [0.15, 0.2) is 0 Å². The van der Waals surface area contributed by atoms with E-state index in [1.807, 2.05) is 0 Å². The summed E-state index contributed by atoms with van der Waals surface area (Å²) in [6.07, 6.45) is 4.03. The lowest BCUT2D eigenvalue weighted by molar-refractivity contribution is -0.121. The first-order valence-corrected chi connectivity index (χ1v) is 11.0. The van der Waals surface area contributed by atoms with Crippen molar-refractivity contribution in [1.29, 1.82) is 0 Å². The number of amides is 1. The molecule has 1 fully saturated rings. The van der Waals surface area contributed by atoms with Crippen LogP contribution in [-0.2, 0) is 11.3 Å². The topological polar surface area (TPSA) is 70.2 Å². The summed E-state index contributed by atoms with van der Waals surface area (Å²) in [6, 6.07) is 12.9. The van der Waals surface area contributed by atoms with Crippen LogP contribution in [0.3, 0.4) is 0 Å². The molecule has 0 aliphatic carbocycles. The van der Waals surface area contributed by atoms with Gasteiger partial charge in [-0.1, -0.05) is 30.3 Å². The summed E-state index contributed by atoms with van der Waals surface area (Å²) in [4.78, 5) is 25.6. The molecule has 0 spiro atoms. The molecule has 1 aliphatic heterocycles. The van der Waals surface area contributed by atoms with E-state index in [1.165, 1.54) is 10.4 Å². The number of piperidine rings is 1. The maximum atomic E-state index is 12.3. The van der Waals surface area contributed by atoms with Crippen LogP contribution in [0.5, 0.6) is 0 Å². The molecular weight excluding hydrogens is 382 g/mol. The van der Waals surface area contributed by atoms with Gasteiger partial charge >= 0.3 is 0 Å². The first kappa shape index (κ1) is 19.8. The van der Waals surface area contributed by atoms with Crippen molar-refractivity contribution in [3.63, 3.8) is 0 Å². The smallest absolute Gasteiger partial charge is 0.221 e.